The normalized spacial score (nSPS) is 21.3. The standard InChI is InChI=1S/C13H20N2O/c1-9-4-5-12(10(2)13(9)16)14-11-6-7-15(3)8-11/h4-5,11,14,16H,6-8H2,1-3H3. The van der Waals surface area contributed by atoms with E-state index in [1.807, 2.05) is 19.9 Å². The van der Waals surface area contributed by atoms with Crippen molar-refractivity contribution in [2.24, 2.45) is 0 Å². The van der Waals surface area contributed by atoms with E-state index < -0.39 is 0 Å². The number of aromatic hydroxyl groups is 1. The molecule has 1 saturated heterocycles. The predicted octanol–water partition coefficient (Wildman–Crippen LogP) is 2.13. The van der Waals surface area contributed by atoms with E-state index in [0.29, 0.717) is 11.8 Å². The van der Waals surface area contributed by atoms with E-state index in [1.54, 1.807) is 0 Å². The average molecular weight is 220 g/mol. The number of nitrogens with zero attached hydrogens (tertiary/aromatic N) is 1. The summed E-state index contributed by atoms with van der Waals surface area (Å²) in [6.45, 7) is 6.11. The van der Waals surface area contributed by atoms with E-state index in [-0.39, 0.29) is 0 Å². The highest BCUT2D eigenvalue weighted by Crippen LogP contribution is 2.29. The third kappa shape index (κ3) is 2.14. The van der Waals surface area contributed by atoms with Gasteiger partial charge in [0.1, 0.15) is 5.75 Å². The van der Waals surface area contributed by atoms with Gasteiger partial charge >= 0.3 is 0 Å². The number of hydrogen-bond acceptors (Lipinski definition) is 3. The summed E-state index contributed by atoms with van der Waals surface area (Å²) in [7, 11) is 2.14. The van der Waals surface area contributed by atoms with Crippen LogP contribution in [0.25, 0.3) is 0 Å². The van der Waals surface area contributed by atoms with Crippen LogP contribution in [-0.4, -0.2) is 36.2 Å². The van der Waals surface area contributed by atoms with Crippen LogP contribution >= 0.6 is 0 Å². The molecule has 0 saturated carbocycles. The first kappa shape index (κ1) is 11.3. The Morgan fingerprint density at radius 3 is 2.75 bits per heavy atom. The molecule has 0 spiro atoms. The molecule has 0 aromatic heterocycles. The predicted molar refractivity (Wildman–Crippen MR) is 67.1 cm³/mol. The van der Waals surface area contributed by atoms with E-state index in [0.717, 1.165) is 29.9 Å². The number of hydrogen-bond donors (Lipinski definition) is 2. The lowest BCUT2D eigenvalue weighted by Crippen LogP contribution is -2.23. The molecule has 0 bridgehead atoms. The van der Waals surface area contributed by atoms with Crippen molar-refractivity contribution >= 4 is 5.69 Å². The molecule has 1 aliphatic heterocycles. The Morgan fingerprint density at radius 2 is 2.12 bits per heavy atom. The lowest BCUT2D eigenvalue weighted by molar-refractivity contribution is 0.414. The fraction of sp³-hybridized carbons (Fsp3) is 0.538. The van der Waals surface area contributed by atoms with Gasteiger partial charge in [-0.3, -0.25) is 0 Å². The molecule has 2 rings (SSSR count). The summed E-state index contributed by atoms with van der Waals surface area (Å²) in [5, 5.41) is 13.4. The van der Waals surface area contributed by atoms with Gasteiger partial charge in [-0.1, -0.05) is 6.07 Å². The maximum absolute atomic E-state index is 9.86. The van der Waals surface area contributed by atoms with Crippen LogP contribution in [0.15, 0.2) is 12.1 Å². The first-order valence-electron chi connectivity index (χ1n) is 5.82. The smallest absolute Gasteiger partial charge is 0.123 e. The second-order valence-electron chi connectivity index (χ2n) is 4.80. The summed E-state index contributed by atoms with van der Waals surface area (Å²) in [5.74, 6) is 0.413. The third-order valence-electron chi connectivity index (χ3n) is 3.38. The number of nitrogens with one attached hydrogen (secondary N) is 1. The van der Waals surface area contributed by atoms with Gasteiger partial charge in [-0.05, 0) is 45.5 Å². The molecule has 2 N–H and O–H groups in total. The molecule has 1 unspecified atom stereocenters. The van der Waals surface area contributed by atoms with Crippen molar-refractivity contribution in [1.29, 1.82) is 0 Å². The van der Waals surface area contributed by atoms with E-state index in [4.69, 9.17) is 0 Å². The Balaban J connectivity index is 2.13. The van der Waals surface area contributed by atoms with Crippen LogP contribution < -0.4 is 5.32 Å². The summed E-state index contributed by atoms with van der Waals surface area (Å²) >= 11 is 0. The van der Waals surface area contributed by atoms with Crippen LogP contribution in [0.2, 0.25) is 0 Å². The van der Waals surface area contributed by atoms with E-state index >= 15 is 0 Å². The van der Waals surface area contributed by atoms with Crippen molar-refractivity contribution in [1.82, 2.24) is 4.90 Å². The van der Waals surface area contributed by atoms with Gasteiger partial charge in [0.05, 0.1) is 0 Å². The molecule has 16 heavy (non-hydrogen) atoms. The molecule has 0 radical (unpaired) electrons. The van der Waals surface area contributed by atoms with Crippen LogP contribution in [0.4, 0.5) is 5.69 Å². The average Bonchev–Trinajstić information content (AvgIpc) is 2.65. The van der Waals surface area contributed by atoms with Gasteiger partial charge in [-0.25, -0.2) is 0 Å². The first-order chi connectivity index (χ1) is 7.58. The summed E-state index contributed by atoms with van der Waals surface area (Å²) in [4.78, 5) is 2.32. The van der Waals surface area contributed by atoms with Crippen LogP contribution in [0, 0.1) is 13.8 Å². The first-order valence-corrected chi connectivity index (χ1v) is 5.82. The molecule has 88 valence electrons. The van der Waals surface area contributed by atoms with Crippen molar-refractivity contribution in [3.05, 3.63) is 23.3 Å². The molecule has 1 aromatic rings. The molecule has 1 fully saturated rings. The summed E-state index contributed by atoms with van der Waals surface area (Å²) in [6, 6.07) is 4.53. The van der Waals surface area contributed by atoms with Crippen LogP contribution in [-0.2, 0) is 0 Å². The molecular weight excluding hydrogens is 200 g/mol. The molecule has 0 amide bonds. The summed E-state index contributed by atoms with van der Waals surface area (Å²) in [6.07, 6.45) is 1.17. The van der Waals surface area contributed by atoms with E-state index in [9.17, 15) is 5.11 Å². The topological polar surface area (TPSA) is 35.5 Å². The van der Waals surface area contributed by atoms with Gasteiger partial charge in [-0.15, -0.1) is 0 Å². The van der Waals surface area contributed by atoms with Crippen molar-refractivity contribution in [3.63, 3.8) is 0 Å². The highest BCUT2D eigenvalue weighted by Gasteiger charge is 2.20. The highest BCUT2D eigenvalue weighted by atomic mass is 16.3. The number of likely N-dealkylation sites (tertiary alicyclic amines) is 1. The largest absolute Gasteiger partial charge is 0.507 e. The zero-order valence-corrected chi connectivity index (χ0v) is 10.2. The van der Waals surface area contributed by atoms with Crippen LogP contribution in [0.3, 0.4) is 0 Å². The summed E-state index contributed by atoms with van der Waals surface area (Å²) in [5.41, 5.74) is 2.95. The Hall–Kier alpha value is -1.22. The van der Waals surface area contributed by atoms with Gasteiger partial charge in [-0.2, -0.15) is 0 Å². The van der Waals surface area contributed by atoms with Crippen molar-refractivity contribution < 1.29 is 5.11 Å². The number of phenols is 1. The second kappa shape index (κ2) is 4.34. The molecule has 1 aliphatic rings. The van der Waals surface area contributed by atoms with Gasteiger partial charge in [0.15, 0.2) is 0 Å². The number of aryl methyl sites for hydroxylation is 1. The molecule has 1 heterocycles. The Kier molecular flexibility index (Phi) is 3.06. The van der Waals surface area contributed by atoms with Gasteiger partial charge < -0.3 is 15.3 Å². The lowest BCUT2D eigenvalue weighted by Gasteiger charge is -2.17. The molecule has 3 heteroatoms. The van der Waals surface area contributed by atoms with Crippen molar-refractivity contribution in [3.8, 4) is 5.75 Å². The SMILES string of the molecule is Cc1ccc(NC2CCN(C)C2)c(C)c1O. The minimum absolute atomic E-state index is 0.413. The molecule has 1 aromatic carbocycles. The van der Waals surface area contributed by atoms with Crippen molar-refractivity contribution in [2.75, 3.05) is 25.5 Å². The zero-order chi connectivity index (χ0) is 11.7. The van der Waals surface area contributed by atoms with Gasteiger partial charge in [0.2, 0.25) is 0 Å². The van der Waals surface area contributed by atoms with Gasteiger partial charge in [0, 0.05) is 23.8 Å². The number of anilines is 1. The fourth-order valence-corrected chi connectivity index (χ4v) is 2.26. The number of likely N-dealkylation sites (N-methyl/N-ethyl adjacent to an activating group) is 1. The fourth-order valence-electron chi connectivity index (χ4n) is 2.26. The Morgan fingerprint density at radius 1 is 1.38 bits per heavy atom. The quantitative estimate of drug-likeness (QED) is 0.801. The Labute approximate surface area is 97.1 Å². The van der Waals surface area contributed by atoms with E-state index in [2.05, 4.69) is 23.3 Å². The molecular formula is C13H20N2O. The maximum atomic E-state index is 9.86. The van der Waals surface area contributed by atoms with Crippen molar-refractivity contribution in [2.45, 2.75) is 26.3 Å². The van der Waals surface area contributed by atoms with Crippen LogP contribution in [0.1, 0.15) is 17.5 Å². The molecule has 3 nitrogen and oxygen atoms in total. The number of phenolic OH excluding ortho intramolecular Hbond substituents is 1. The lowest BCUT2D eigenvalue weighted by atomic mass is 10.1. The summed E-state index contributed by atoms with van der Waals surface area (Å²) < 4.78 is 0. The Bertz CT molecular complexity index is 390. The second-order valence-corrected chi connectivity index (χ2v) is 4.80. The van der Waals surface area contributed by atoms with Gasteiger partial charge in [0.25, 0.3) is 0 Å². The number of benzene rings is 1. The third-order valence-corrected chi connectivity index (χ3v) is 3.38. The highest BCUT2D eigenvalue weighted by molar-refractivity contribution is 5.59. The minimum atomic E-state index is 0.413. The molecule has 0 aliphatic carbocycles. The maximum Gasteiger partial charge on any atom is 0.123 e. The molecule has 1 atom stereocenters. The zero-order valence-electron chi connectivity index (χ0n) is 10.2. The number of rotatable bonds is 2. The monoisotopic (exact) mass is 220 g/mol. The van der Waals surface area contributed by atoms with Crippen LogP contribution in [0.5, 0.6) is 5.75 Å². The minimum Gasteiger partial charge on any atom is -0.507 e. The van der Waals surface area contributed by atoms with E-state index in [1.165, 1.54) is 6.42 Å².